The number of hydrogen-bond acceptors (Lipinski definition) is 4. The Hall–Kier alpha value is -3.93. The molecule has 0 bridgehead atoms. The van der Waals surface area contributed by atoms with Crippen LogP contribution in [0.15, 0.2) is 78.9 Å². The Labute approximate surface area is 187 Å². The zero-order valence-electron chi connectivity index (χ0n) is 17.9. The Morgan fingerprint density at radius 1 is 0.938 bits per heavy atom. The summed E-state index contributed by atoms with van der Waals surface area (Å²) in [7, 11) is 1.66. The fourth-order valence-electron chi connectivity index (χ4n) is 3.64. The molecule has 0 aliphatic carbocycles. The summed E-state index contributed by atoms with van der Waals surface area (Å²) >= 11 is 0. The number of fused-ring (bicyclic) bond motifs is 1. The van der Waals surface area contributed by atoms with Gasteiger partial charge in [0.2, 0.25) is 5.91 Å². The van der Waals surface area contributed by atoms with Crippen molar-refractivity contribution in [2.24, 2.45) is 0 Å². The third-order valence-corrected chi connectivity index (χ3v) is 5.49. The van der Waals surface area contributed by atoms with Gasteiger partial charge in [0.05, 0.1) is 12.2 Å². The van der Waals surface area contributed by atoms with Gasteiger partial charge in [-0.15, -0.1) is 0 Å². The van der Waals surface area contributed by atoms with Gasteiger partial charge in [0.15, 0.2) is 12.4 Å². The number of para-hydroxylation sites is 1. The van der Waals surface area contributed by atoms with E-state index >= 15 is 0 Å². The molecule has 2 amide bonds. The van der Waals surface area contributed by atoms with E-state index in [1.54, 1.807) is 30.1 Å². The number of carbonyl (C=O) groups excluding carboxylic acids is 3. The van der Waals surface area contributed by atoms with Crippen LogP contribution in [0.1, 0.15) is 28.8 Å². The van der Waals surface area contributed by atoms with E-state index in [9.17, 15) is 14.4 Å². The normalized spacial score (nSPS) is 12.7. The molecule has 0 saturated carbocycles. The van der Waals surface area contributed by atoms with Gasteiger partial charge in [-0.2, -0.15) is 0 Å². The van der Waals surface area contributed by atoms with Crippen LogP contribution in [0, 0.1) is 0 Å². The summed E-state index contributed by atoms with van der Waals surface area (Å²) in [6, 6.07) is 24.2. The lowest BCUT2D eigenvalue weighted by molar-refractivity contribution is -0.121. The Balaban J connectivity index is 1.47. The summed E-state index contributed by atoms with van der Waals surface area (Å²) in [6.07, 6.45) is 0.164. The highest BCUT2D eigenvalue weighted by Crippen LogP contribution is 2.32. The number of ketones is 1. The number of likely N-dealkylation sites (N-methyl/N-ethyl adjacent to an activating group) is 1. The minimum Gasteiger partial charge on any atom is -0.482 e. The molecular weight excluding hydrogens is 404 g/mol. The van der Waals surface area contributed by atoms with E-state index in [0.717, 1.165) is 11.3 Å². The van der Waals surface area contributed by atoms with E-state index in [-0.39, 0.29) is 37.0 Å². The number of Topliss-reactive ketones (excluding diaryl/α,β-unsaturated/α-hetero) is 1. The highest BCUT2D eigenvalue weighted by molar-refractivity contribution is 6.03. The second-order valence-corrected chi connectivity index (χ2v) is 7.65. The lowest BCUT2D eigenvalue weighted by atomic mass is 10.0. The summed E-state index contributed by atoms with van der Waals surface area (Å²) < 4.78 is 5.41. The number of rotatable bonds is 7. The average Bonchev–Trinajstić information content (AvgIpc) is 2.84. The van der Waals surface area contributed by atoms with Gasteiger partial charge in [0.1, 0.15) is 5.75 Å². The van der Waals surface area contributed by atoms with Gasteiger partial charge in [0, 0.05) is 31.1 Å². The smallest absolute Gasteiger partial charge is 0.264 e. The number of amides is 2. The molecule has 0 atom stereocenters. The van der Waals surface area contributed by atoms with E-state index in [2.05, 4.69) is 0 Å². The summed E-state index contributed by atoms with van der Waals surface area (Å²) in [4.78, 5) is 41.0. The van der Waals surface area contributed by atoms with Crippen LogP contribution in [-0.4, -0.2) is 31.3 Å². The standard InChI is InChI=1S/C26H24N2O4/c1-27-22-16-20(12-14-24(22)32-18-26(27)31)23(29)13-15-25(30)28(21-10-6-3-7-11-21)17-19-8-4-2-5-9-19/h2-12,14,16H,13,15,17-18H2,1H3. The second-order valence-electron chi connectivity index (χ2n) is 7.65. The van der Waals surface area contributed by atoms with Crippen LogP contribution in [0.25, 0.3) is 0 Å². The van der Waals surface area contributed by atoms with Crippen molar-refractivity contribution in [3.8, 4) is 5.75 Å². The fraction of sp³-hybridized carbons (Fsp3) is 0.192. The Bertz CT molecular complexity index is 1130. The SMILES string of the molecule is CN1C(=O)COc2ccc(C(=O)CCC(=O)N(Cc3ccccc3)c3ccccc3)cc21. The molecule has 162 valence electrons. The molecule has 4 rings (SSSR count). The third kappa shape index (κ3) is 4.70. The van der Waals surface area contributed by atoms with Crippen LogP contribution < -0.4 is 14.5 Å². The molecule has 1 aliphatic rings. The van der Waals surface area contributed by atoms with Gasteiger partial charge in [0.25, 0.3) is 5.91 Å². The molecular formula is C26H24N2O4. The minimum atomic E-state index is -0.170. The molecule has 6 heteroatoms. The van der Waals surface area contributed by atoms with E-state index < -0.39 is 0 Å². The number of benzene rings is 3. The molecule has 32 heavy (non-hydrogen) atoms. The predicted molar refractivity (Wildman–Crippen MR) is 123 cm³/mol. The molecule has 0 spiro atoms. The van der Waals surface area contributed by atoms with Gasteiger partial charge in [-0.25, -0.2) is 0 Å². The van der Waals surface area contributed by atoms with E-state index in [4.69, 9.17) is 4.74 Å². The molecule has 3 aromatic carbocycles. The summed E-state index contributed by atoms with van der Waals surface area (Å²) in [5.74, 6) is 0.122. The third-order valence-electron chi connectivity index (χ3n) is 5.49. The zero-order valence-corrected chi connectivity index (χ0v) is 17.9. The topological polar surface area (TPSA) is 66.9 Å². The van der Waals surface area contributed by atoms with Gasteiger partial charge in [-0.3, -0.25) is 14.4 Å². The summed E-state index contributed by atoms with van der Waals surface area (Å²) in [6.45, 7) is 0.420. The van der Waals surface area contributed by atoms with Crippen molar-refractivity contribution >= 4 is 29.0 Å². The lowest BCUT2D eigenvalue weighted by Crippen LogP contribution is -2.35. The highest BCUT2D eigenvalue weighted by Gasteiger charge is 2.24. The lowest BCUT2D eigenvalue weighted by Gasteiger charge is -2.26. The van der Waals surface area contributed by atoms with Crippen LogP contribution in [0.4, 0.5) is 11.4 Å². The van der Waals surface area contributed by atoms with Crippen LogP contribution in [-0.2, 0) is 16.1 Å². The molecule has 0 radical (unpaired) electrons. The van der Waals surface area contributed by atoms with Crippen LogP contribution >= 0.6 is 0 Å². The van der Waals surface area contributed by atoms with Gasteiger partial charge < -0.3 is 14.5 Å². The molecule has 0 fully saturated rings. The van der Waals surface area contributed by atoms with Gasteiger partial charge in [-0.1, -0.05) is 48.5 Å². The quantitative estimate of drug-likeness (QED) is 0.528. The van der Waals surface area contributed by atoms with Crippen LogP contribution in [0.5, 0.6) is 5.75 Å². The van der Waals surface area contributed by atoms with Crippen molar-refractivity contribution in [3.63, 3.8) is 0 Å². The first-order valence-corrected chi connectivity index (χ1v) is 10.5. The van der Waals surface area contributed by atoms with E-state index in [1.807, 2.05) is 60.7 Å². The summed E-state index contributed by atoms with van der Waals surface area (Å²) in [5, 5.41) is 0. The molecule has 1 heterocycles. The van der Waals surface area contributed by atoms with E-state index in [0.29, 0.717) is 23.5 Å². The van der Waals surface area contributed by atoms with Crippen molar-refractivity contribution in [1.29, 1.82) is 0 Å². The fourth-order valence-corrected chi connectivity index (χ4v) is 3.64. The van der Waals surface area contributed by atoms with Crippen molar-refractivity contribution in [1.82, 2.24) is 0 Å². The maximum Gasteiger partial charge on any atom is 0.264 e. The Morgan fingerprint density at radius 3 is 2.34 bits per heavy atom. The first-order chi connectivity index (χ1) is 15.5. The Kier molecular flexibility index (Phi) is 6.31. The number of nitrogens with zero attached hydrogens (tertiary/aromatic N) is 2. The van der Waals surface area contributed by atoms with Gasteiger partial charge in [-0.05, 0) is 35.9 Å². The molecule has 0 N–H and O–H groups in total. The molecule has 3 aromatic rings. The zero-order chi connectivity index (χ0) is 22.5. The first-order valence-electron chi connectivity index (χ1n) is 10.5. The average molecular weight is 428 g/mol. The largest absolute Gasteiger partial charge is 0.482 e. The number of ether oxygens (including phenoxy) is 1. The van der Waals surface area contributed by atoms with Crippen molar-refractivity contribution < 1.29 is 19.1 Å². The monoisotopic (exact) mass is 428 g/mol. The second kappa shape index (κ2) is 9.47. The van der Waals surface area contributed by atoms with Crippen LogP contribution in [0.2, 0.25) is 0 Å². The molecule has 0 saturated heterocycles. The maximum atomic E-state index is 13.1. The van der Waals surface area contributed by atoms with Crippen molar-refractivity contribution in [2.45, 2.75) is 19.4 Å². The number of hydrogen-bond donors (Lipinski definition) is 0. The minimum absolute atomic E-state index is 0.0119. The van der Waals surface area contributed by atoms with Crippen molar-refractivity contribution in [2.75, 3.05) is 23.5 Å². The van der Waals surface area contributed by atoms with Crippen molar-refractivity contribution in [3.05, 3.63) is 90.0 Å². The molecule has 0 aromatic heterocycles. The van der Waals surface area contributed by atoms with E-state index in [1.165, 1.54) is 4.90 Å². The molecule has 1 aliphatic heterocycles. The predicted octanol–water partition coefficient (Wildman–Crippen LogP) is 4.24. The summed E-state index contributed by atoms with van der Waals surface area (Å²) in [5.41, 5.74) is 2.82. The Morgan fingerprint density at radius 2 is 1.62 bits per heavy atom. The number of anilines is 2. The van der Waals surface area contributed by atoms with Crippen LogP contribution in [0.3, 0.4) is 0 Å². The van der Waals surface area contributed by atoms with Gasteiger partial charge >= 0.3 is 0 Å². The maximum absolute atomic E-state index is 13.1. The highest BCUT2D eigenvalue weighted by atomic mass is 16.5. The number of carbonyl (C=O) groups is 3. The molecule has 0 unspecified atom stereocenters. The molecule has 6 nitrogen and oxygen atoms in total. The first kappa shape index (κ1) is 21.3.